The number of hydrogen-bond acceptors (Lipinski definition) is 4. The quantitative estimate of drug-likeness (QED) is 0.866. The zero-order valence-corrected chi connectivity index (χ0v) is 14.4. The van der Waals surface area contributed by atoms with Gasteiger partial charge in [-0.25, -0.2) is 9.97 Å². The molecule has 1 aromatic heterocycles. The predicted molar refractivity (Wildman–Crippen MR) is 93.4 cm³/mol. The van der Waals surface area contributed by atoms with Crippen molar-refractivity contribution in [3.05, 3.63) is 46.7 Å². The van der Waals surface area contributed by atoms with Crippen LogP contribution in [0.25, 0.3) is 0 Å². The summed E-state index contributed by atoms with van der Waals surface area (Å²) in [6.07, 6.45) is 3.61. The summed E-state index contributed by atoms with van der Waals surface area (Å²) < 4.78 is 0. The molecule has 0 aliphatic carbocycles. The number of anilines is 2. The molecule has 6 heteroatoms. The molecule has 0 atom stereocenters. The van der Waals surface area contributed by atoms with E-state index >= 15 is 0 Å². The number of nitrogens with one attached hydrogen (secondary N) is 1. The number of aromatic nitrogens is 2. The molecule has 122 valence electrons. The normalized spacial score (nSPS) is 10.4. The number of unbranched alkanes of at least 4 members (excludes halogenated alkanes) is 1. The second-order valence-corrected chi connectivity index (χ2v) is 5.87. The Hall–Kier alpha value is -2.14. The van der Waals surface area contributed by atoms with Crippen molar-refractivity contribution in [3.8, 4) is 0 Å². The van der Waals surface area contributed by atoms with Gasteiger partial charge in [-0.15, -0.1) is 0 Å². The van der Waals surface area contributed by atoms with Gasteiger partial charge in [0.15, 0.2) is 0 Å². The van der Waals surface area contributed by atoms with Gasteiger partial charge in [0, 0.05) is 30.5 Å². The van der Waals surface area contributed by atoms with Gasteiger partial charge in [0.05, 0.1) is 0 Å². The van der Waals surface area contributed by atoms with Crippen LogP contribution in [-0.2, 0) is 0 Å². The molecule has 1 heterocycles. The summed E-state index contributed by atoms with van der Waals surface area (Å²) in [6.45, 7) is 4.76. The van der Waals surface area contributed by atoms with E-state index in [0.717, 1.165) is 30.6 Å². The van der Waals surface area contributed by atoms with Crippen molar-refractivity contribution in [3.63, 3.8) is 0 Å². The Kier molecular flexibility index (Phi) is 5.93. The number of hydrogen-bond donors (Lipinski definition) is 1. The van der Waals surface area contributed by atoms with E-state index in [9.17, 15) is 4.79 Å². The van der Waals surface area contributed by atoms with Gasteiger partial charge in [0.1, 0.15) is 5.69 Å². The van der Waals surface area contributed by atoms with E-state index in [0.29, 0.717) is 16.7 Å². The Morgan fingerprint density at radius 3 is 2.83 bits per heavy atom. The average Bonchev–Trinajstić information content (AvgIpc) is 2.55. The van der Waals surface area contributed by atoms with Gasteiger partial charge in [0.25, 0.3) is 5.91 Å². The van der Waals surface area contributed by atoms with E-state index in [1.807, 2.05) is 19.1 Å². The third-order valence-corrected chi connectivity index (χ3v) is 3.74. The number of amides is 1. The minimum atomic E-state index is -0.100. The third kappa shape index (κ3) is 4.66. The fourth-order valence-electron chi connectivity index (χ4n) is 2.12. The minimum absolute atomic E-state index is 0.100. The van der Waals surface area contributed by atoms with Crippen molar-refractivity contribution in [2.45, 2.75) is 26.7 Å². The van der Waals surface area contributed by atoms with Crippen LogP contribution in [0.3, 0.4) is 0 Å². The standard InChI is InChI=1S/C17H21ClN4O/c1-4-5-10-22(3)16(23)15-8-9-19-17(21-15)20-14-7-6-13(18)11-12(14)2/h6-9,11H,4-5,10H2,1-3H3,(H,19,20,21). The lowest BCUT2D eigenvalue weighted by Crippen LogP contribution is -2.28. The number of carbonyl (C=O) groups is 1. The average molecular weight is 333 g/mol. The molecule has 0 radical (unpaired) electrons. The Morgan fingerprint density at radius 1 is 1.35 bits per heavy atom. The molecular formula is C17H21ClN4O. The lowest BCUT2D eigenvalue weighted by molar-refractivity contribution is 0.0787. The van der Waals surface area contributed by atoms with Crippen molar-refractivity contribution < 1.29 is 4.79 Å². The molecule has 0 fully saturated rings. The van der Waals surface area contributed by atoms with Crippen LogP contribution in [0.1, 0.15) is 35.8 Å². The topological polar surface area (TPSA) is 58.1 Å². The molecule has 0 aliphatic rings. The summed E-state index contributed by atoms with van der Waals surface area (Å²) >= 11 is 5.95. The number of rotatable bonds is 6. The number of carbonyl (C=O) groups excluding carboxylic acids is 1. The first-order chi connectivity index (χ1) is 11.0. The van der Waals surface area contributed by atoms with Crippen LogP contribution in [0.15, 0.2) is 30.5 Å². The summed E-state index contributed by atoms with van der Waals surface area (Å²) in [5, 5.41) is 3.80. The summed E-state index contributed by atoms with van der Waals surface area (Å²) in [7, 11) is 1.79. The first kappa shape index (κ1) is 17.2. The molecular weight excluding hydrogens is 312 g/mol. The maximum atomic E-state index is 12.4. The fraction of sp³-hybridized carbons (Fsp3) is 0.353. The van der Waals surface area contributed by atoms with E-state index in [-0.39, 0.29) is 5.91 Å². The highest BCUT2D eigenvalue weighted by atomic mass is 35.5. The minimum Gasteiger partial charge on any atom is -0.340 e. The molecule has 2 rings (SSSR count). The van der Waals surface area contributed by atoms with Gasteiger partial charge < -0.3 is 10.2 Å². The van der Waals surface area contributed by atoms with Gasteiger partial charge in [-0.1, -0.05) is 24.9 Å². The van der Waals surface area contributed by atoms with E-state index in [4.69, 9.17) is 11.6 Å². The fourth-order valence-corrected chi connectivity index (χ4v) is 2.34. The molecule has 23 heavy (non-hydrogen) atoms. The van der Waals surface area contributed by atoms with Gasteiger partial charge in [-0.3, -0.25) is 4.79 Å². The summed E-state index contributed by atoms with van der Waals surface area (Å²) in [5.41, 5.74) is 2.23. The first-order valence-corrected chi connectivity index (χ1v) is 8.00. The van der Waals surface area contributed by atoms with Crippen LogP contribution in [-0.4, -0.2) is 34.4 Å². The smallest absolute Gasteiger partial charge is 0.272 e. The Morgan fingerprint density at radius 2 is 2.13 bits per heavy atom. The van der Waals surface area contributed by atoms with Gasteiger partial charge in [0.2, 0.25) is 5.95 Å². The van der Waals surface area contributed by atoms with E-state index < -0.39 is 0 Å². The first-order valence-electron chi connectivity index (χ1n) is 7.63. The maximum Gasteiger partial charge on any atom is 0.272 e. The van der Waals surface area contributed by atoms with Gasteiger partial charge >= 0.3 is 0 Å². The Balaban J connectivity index is 2.14. The zero-order valence-electron chi connectivity index (χ0n) is 13.6. The summed E-state index contributed by atoms with van der Waals surface area (Å²) in [6, 6.07) is 7.15. The lowest BCUT2D eigenvalue weighted by atomic mass is 10.2. The molecule has 1 N–H and O–H groups in total. The second kappa shape index (κ2) is 7.92. The second-order valence-electron chi connectivity index (χ2n) is 5.43. The number of aryl methyl sites for hydroxylation is 1. The van der Waals surface area contributed by atoms with Crippen LogP contribution in [0.2, 0.25) is 5.02 Å². The van der Waals surface area contributed by atoms with Crippen molar-refractivity contribution in [2.75, 3.05) is 18.9 Å². The number of halogens is 1. The number of benzene rings is 1. The molecule has 1 aromatic carbocycles. The van der Waals surface area contributed by atoms with E-state index in [1.54, 1.807) is 30.3 Å². The predicted octanol–water partition coefficient (Wildman–Crippen LogP) is 4.05. The van der Waals surface area contributed by atoms with Crippen LogP contribution >= 0.6 is 11.6 Å². The molecule has 0 saturated heterocycles. The maximum absolute atomic E-state index is 12.4. The van der Waals surface area contributed by atoms with Crippen molar-refractivity contribution in [1.82, 2.24) is 14.9 Å². The molecule has 5 nitrogen and oxygen atoms in total. The Labute approximate surface area is 141 Å². The van der Waals surface area contributed by atoms with Crippen molar-refractivity contribution >= 4 is 29.1 Å². The third-order valence-electron chi connectivity index (χ3n) is 3.50. The largest absolute Gasteiger partial charge is 0.340 e. The SMILES string of the molecule is CCCCN(C)C(=O)c1ccnc(Nc2ccc(Cl)cc2C)n1. The van der Waals surface area contributed by atoms with E-state index in [1.165, 1.54) is 0 Å². The molecule has 2 aromatic rings. The number of nitrogens with zero attached hydrogens (tertiary/aromatic N) is 3. The summed E-state index contributed by atoms with van der Waals surface area (Å²) in [5.74, 6) is 0.293. The highest BCUT2D eigenvalue weighted by Gasteiger charge is 2.14. The highest BCUT2D eigenvalue weighted by Crippen LogP contribution is 2.22. The van der Waals surface area contributed by atoms with Crippen molar-refractivity contribution in [1.29, 1.82) is 0 Å². The van der Waals surface area contributed by atoms with Gasteiger partial charge in [-0.05, 0) is 43.2 Å². The van der Waals surface area contributed by atoms with Crippen LogP contribution < -0.4 is 5.32 Å². The molecule has 1 amide bonds. The van der Waals surface area contributed by atoms with Gasteiger partial charge in [-0.2, -0.15) is 0 Å². The van der Waals surface area contributed by atoms with E-state index in [2.05, 4.69) is 22.2 Å². The molecule has 0 unspecified atom stereocenters. The van der Waals surface area contributed by atoms with Crippen LogP contribution in [0.5, 0.6) is 0 Å². The molecule has 0 bridgehead atoms. The monoisotopic (exact) mass is 332 g/mol. The zero-order chi connectivity index (χ0) is 16.8. The summed E-state index contributed by atoms with van der Waals surface area (Å²) in [4.78, 5) is 22.5. The van der Waals surface area contributed by atoms with Crippen molar-refractivity contribution in [2.24, 2.45) is 0 Å². The lowest BCUT2D eigenvalue weighted by Gasteiger charge is -2.16. The Bertz CT molecular complexity index is 690. The molecule has 0 aliphatic heterocycles. The molecule has 0 spiro atoms. The highest BCUT2D eigenvalue weighted by molar-refractivity contribution is 6.30. The molecule has 0 saturated carbocycles. The van der Waals surface area contributed by atoms with Crippen LogP contribution in [0, 0.1) is 6.92 Å². The van der Waals surface area contributed by atoms with Crippen LogP contribution in [0.4, 0.5) is 11.6 Å².